The summed E-state index contributed by atoms with van der Waals surface area (Å²) in [6.07, 6.45) is -6.40. The Bertz CT molecular complexity index is 1300. The van der Waals surface area contributed by atoms with Crippen molar-refractivity contribution < 1.29 is 32.7 Å². The molecule has 0 aromatic heterocycles. The number of nitrogens with one attached hydrogen (secondary N) is 2. The van der Waals surface area contributed by atoms with Crippen LogP contribution in [0.1, 0.15) is 15.9 Å². The molecular weight excluding hydrogens is 489 g/mol. The van der Waals surface area contributed by atoms with Crippen molar-refractivity contribution in [3.05, 3.63) is 76.8 Å². The van der Waals surface area contributed by atoms with Crippen molar-refractivity contribution in [2.45, 2.75) is 6.18 Å². The highest BCUT2D eigenvalue weighted by molar-refractivity contribution is 6.35. The van der Waals surface area contributed by atoms with Gasteiger partial charge in [0.1, 0.15) is 0 Å². The Kier molecular flexibility index (Phi) is 7.20. The first kappa shape index (κ1) is 25.4. The second kappa shape index (κ2) is 9.94. The highest BCUT2D eigenvalue weighted by atomic mass is 35.5. The van der Waals surface area contributed by atoms with Crippen molar-refractivity contribution in [1.29, 1.82) is 0 Å². The molecule has 8 nitrogen and oxygen atoms in total. The summed E-state index contributed by atoms with van der Waals surface area (Å²) in [6.45, 7) is 0. The Morgan fingerprint density at radius 2 is 1.63 bits per heavy atom. The molecule has 0 fully saturated rings. The van der Waals surface area contributed by atoms with Crippen molar-refractivity contribution in [2.24, 2.45) is 5.73 Å². The number of urea groups is 1. The lowest BCUT2D eigenvalue weighted by Crippen LogP contribution is -2.28. The lowest BCUT2D eigenvalue weighted by Gasteiger charge is -2.27. The average Bonchev–Trinajstić information content (AvgIpc) is 2.80. The van der Waals surface area contributed by atoms with E-state index in [1.165, 1.54) is 55.6 Å². The van der Waals surface area contributed by atoms with E-state index in [4.69, 9.17) is 17.3 Å². The normalized spacial score (nSPS) is 11.0. The molecule has 0 aliphatic heterocycles. The van der Waals surface area contributed by atoms with Gasteiger partial charge in [-0.15, -0.1) is 0 Å². The minimum atomic E-state index is -4.80. The quantitative estimate of drug-likeness (QED) is 0.354. The van der Waals surface area contributed by atoms with Crippen molar-refractivity contribution in [1.82, 2.24) is 5.32 Å². The van der Waals surface area contributed by atoms with Crippen molar-refractivity contribution in [3.63, 3.8) is 0 Å². The fourth-order valence-electron chi connectivity index (χ4n) is 3.48. The molecule has 5 N–H and O–H groups in total. The first-order chi connectivity index (χ1) is 16.5. The molecule has 0 unspecified atom stereocenters. The van der Waals surface area contributed by atoms with E-state index in [1.54, 1.807) is 0 Å². The smallest absolute Gasteiger partial charge is 0.417 e. The molecule has 4 amide bonds. The standard InChI is InChI=1S/C23H18ClF3N4O4/c1-29-20(32)12-6-8-13(9-7-12)31(22(34)35)19-17(30-21(28)33)11-10-16(24)18(19)14-4-2-3-5-15(14)23(25,26)27/h2-11H,1H3,(H,29,32)(H,34,35)(H3,28,30,33). The molecule has 0 saturated heterocycles. The van der Waals surface area contributed by atoms with Crippen LogP contribution in [0.5, 0.6) is 0 Å². The van der Waals surface area contributed by atoms with Gasteiger partial charge in [-0.1, -0.05) is 29.8 Å². The van der Waals surface area contributed by atoms with Gasteiger partial charge in [0.2, 0.25) is 0 Å². The Morgan fingerprint density at radius 3 is 2.17 bits per heavy atom. The predicted molar refractivity (Wildman–Crippen MR) is 125 cm³/mol. The van der Waals surface area contributed by atoms with E-state index in [9.17, 15) is 32.7 Å². The maximum Gasteiger partial charge on any atom is 0.417 e. The summed E-state index contributed by atoms with van der Waals surface area (Å²) >= 11 is 6.33. The van der Waals surface area contributed by atoms with E-state index < -0.39 is 35.3 Å². The Balaban J connectivity index is 2.38. The molecule has 3 rings (SSSR count). The molecule has 0 heterocycles. The number of nitrogens with two attached hydrogens (primary N) is 1. The topological polar surface area (TPSA) is 125 Å². The number of anilines is 3. The molecule has 3 aromatic rings. The van der Waals surface area contributed by atoms with Gasteiger partial charge in [-0.25, -0.2) is 14.5 Å². The van der Waals surface area contributed by atoms with Crippen LogP contribution in [0.25, 0.3) is 11.1 Å². The fraction of sp³-hybridized carbons (Fsp3) is 0.0870. The number of carbonyl (C=O) groups excluding carboxylic acids is 2. The van der Waals surface area contributed by atoms with E-state index in [2.05, 4.69) is 10.6 Å². The Hall–Kier alpha value is -4.25. The van der Waals surface area contributed by atoms with Crippen LogP contribution in [-0.4, -0.2) is 30.2 Å². The van der Waals surface area contributed by atoms with Gasteiger partial charge >= 0.3 is 18.3 Å². The van der Waals surface area contributed by atoms with Gasteiger partial charge < -0.3 is 21.5 Å². The number of carboxylic acid groups (broad SMARTS) is 1. The largest absolute Gasteiger partial charge is 0.464 e. The van der Waals surface area contributed by atoms with Gasteiger partial charge in [-0.2, -0.15) is 13.2 Å². The number of primary amides is 1. The molecule has 0 radical (unpaired) electrons. The number of alkyl halides is 3. The van der Waals surface area contributed by atoms with Crippen LogP contribution < -0.4 is 21.3 Å². The third kappa shape index (κ3) is 5.30. The summed E-state index contributed by atoms with van der Waals surface area (Å²) in [5.74, 6) is -0.433. The molecule has 0 aliphatic carbocycles. The summed E-state index contributed by atoms with van der Waals surface area (Å²) in [6, 6.07) is 11.1. The van der Waals surface area contributed by atoms with Gasteiger partial charge in [0.05, 0.1) is 27.6 Å². The number of rotatable bonds is 5. The SMILES string of the molecule is CNC(=O)c1ccc(N(C(=O)O)c2c(NC(N)=O)ccc(Cl)c2-c2ccccc2C(F)(F)F)cc1. The third-order valence-corrected chi connectivity index (χ3v) is 5.23. The number of amides is 4. The summed E-state index contributed by atoms with van der Waals surface area (Å²) in [5.41, 5.74) is 3.05. The van der Waals surface area contributed by atoms with Crippen molar-refractivity contribution in [2.75, 3.05) is 17.3 Å². The first-order valence-electron chi connectivity index (χ1n) is 9.86. The van der Waals surface area contributed by atoms with Gasteiger partial charge in [0.25, 0.3) is 5.91 Å². The van der Waals surface area contributed by atoms with Crippen LogP contribution >= 0.6 is 11.6 Å². The summed E-state index contributed by atoms with van der Waals surface area (Å²) < 4.78 is 41.5. The molecule has 0 saturated carbocycles. The van der Waals surface area contributed by atoms with E-state index in [-0.39, 0.29) is 33.2 Å². The molecule has 0 spiro atoms. The molecule has 12 heteroatoms. The van der Waals surface area contributed by atoms with E-state index in [0.29, 0.717) is 4.90 Å². The molecule has 0 aliphatic rings. The minimum absolute atomic E-state index is 0.0364. The maximum atomic E-state index is 13.8. The molecule has 3 aromatic carbocycles. The van der Waals surface area contributed by atoms with E-state index >= 15 is 0 Å². The Morgan fingerprint density at radius 1 is 1.00 bits per heavy atom. The number of hydrogen-bond donors (Lipinski definition) is 4. The van der Waals surface area contributed by atoms with Crippen LogP contribution in [0, 0.1) is 0 Å². The van der Waals surface area contributed by atoms with Gasteiger partial charge in [0, 0.05) is 18.2 Å². The highest BCUT2D eigenvalue weighted by Gasteiger charge is 2.36. The minimum Gasteiger partial charge on any atom is -0.464 e. The predicted octanol–water partition coefficient (Wildman–Crippen LogP) is 5.69. The molecule has 35 heavy (non-hydrogen) atoms. The third-order valence-electron chi connectivity index (χ3n) is 4.92. The zero-order valence-electron chi connectivity index (χ0n) is 18.0. The maximum absolute atomic E-state index is 13.8. The average molecular weight is 507 g/mol. The first-order valence-corrected chi connectivity index (χ1v) is 10.2. The fourth-order valence-corrected chi connectivity index (χ4v) is 3.73. The zero-order valence-corrected chi connectivity index (χ0v) is 18.7. The second-order valence-corrected chi connectivity index (χ2v) is 7.50. The van der Waals surface area contributed by atoms with E-state index in [1.807, 2.05) is 0 Å². The highest BCUT2D eigenvalue weighted by Crippen LogP contribution is 2.48. The van der Waals surface area contributed by atoms with Crippen LogP contribution in [0.4, 0.5) is 39.8 Å². The number of halogens is 4. The number of nitrogens with zero attached hydrogens (tertiary/aromatic N) is 1. The monoisotopic (exact) mass is 506 g/mol. The molecule has 0 atom stereocenters. The van der Waals surface area contributed by atoms with Gasteiger partial charge in [0.15, 0.2) is 0 Å². The summed E-state index contributed by atoms with van der Waals surface area (Å²) in [4.78, 5) is 36.6. The van der Waals surface area contributed by atoms with Crippen LogP contribution in [-0.2, 0) is 6.18 Å². The lowest BCUT2D eigenvalue weighted by molar-refractivity contribution is -0.137. The van der Waals surface area contributed by atoms with Crippen molar-refractivity contribution in [3.8, 4) is 11.1 Å². The van der Waals surface area contributed by atoms with Crippen LogP contribution in [0.3, 0.4) is 0 Å². The van der Waals surface area contributed by atoms with Gasteiger partial charge in [-0.3, -0.25) is 4.79 Å². The van der Waals surface area contributed by atoms with E-state index in [0.717, 1.165) is 12.1 Å². The van der Waals surface area contributed by atoms with Gasteiger partial charge in [-0.05, 0) is 48.0 Å². The number of hydrogen-bond acceptors (Lipinski definition) is 3. The summed E-state index contributed by atoms with van der Waals surface area (Å²) in [5, 5.41) is 14.5. The molecule has 0 bridgehead atoms. The molecule has 182 valence electrons. The van der Waals surface area contributed by atoms with Crippen LogP contribution in [0.2, 0.25) is 5.02 Å². The lowest BCUT2D eigenvalue weighted by atomic mass is 9.96. The Labute approximate surface area is 202 Å². The summed E-state index contributed by atoms with van der Waals surface area (Å²) in [7, 11) is 1.41. The van der Waals surface area contributed by atoms with Crippen molar-refractivity contribution >= 4 is 46.7 Å². The number of carbonyl (C=O) groups is 3. The second-order valence-electron chi connectivity index (χ2n) is 7.10. The number of benzene rings is 3. The zero-order chi connectivity index (χ0) is 25.9. The van der Waals surface area contributed by atoms with Crippen LogP contribution in [0.15, 0.2) is 60.7 Å². The molecular formula is C23H18ClF3N4O4.